The number of hydrogen-bond acceptors (Lipinski definition) is 3. The molecule has 1 fully saturated rings. The average molecular weight is 354 g/mol. The molecular formula is C20H20ClN3O. The van der Waals surface area contributed by atoms with Gasteiger partial charge in [-0.3, -0.25) is 4.57 Å². The summed E-state index contributed by atoms with van der Waals surface area (Å²) in [5.74, 6) is 1.84. The molecule has 1 aliphatic heterocycles. The fourth-order valence-electron chi connectivity index (χ4n) is 3.20. The molecule has 128 valence electrons. The molecule has 0 amide bonds. The molecule has 0 saturated carbocycles. The molecule has 0 radical (unpaired) electrons. The van der Waals surface area contributed by atoms with Gasteiger partial charge >= 0.3 is 0 Å². The second-order valence-electron chi connectivity index (χ2n) is 6.20. The number of benzene rings is 2. The lowest BCUT2D eigenvalue weighted by Crippen LogP contribution is -2.21. The van der Waals surface area contributed by atoms with E-state index in [2.05, 4.69) is 27.8 Å². The Hall–Kier alpha value is -2.46. The summed E-state index contributed by atoms with van der Waals surface area (Å²) in [6, 6.07) is 15.9. The summed E-state index contributed by atoms with van der Waals surface area (Å²) in [5, 5.41) is 0.734. The van der Waals surface area contributed by atoms with E-state index in [1.54, 1.807) is 7.11 Å². The lowest BCUT2D eigenvalue weighted by atomic mass is 10.2. The summed E-state index contributed by atoms with van der Waals surface area (Å²) in [6.45, 7) is 2.10. The summed E-state index contributed by atoms with van der Waals surface area (Å²) < 4.78 is 7.43. The predicted molar refractivity (Wildman–Crippen MR) is 102 cm³/mol. The average Bonchev–Trinajstić information content (AvgIpc) is 3.32. The van der Waals surface area contributed by atoms with Crippen LogP contribution in [0.1, 0.15) is 12.8 Å². The number of methoxy groups -OCH3 is 1. The molecule has 0 unspecified atom stereocenters. The van der Waals surface area contributed by atoms with Crippen LogP contribution < -0.4 is 9.64 Å². The zero-order valence-corrected chi connectivity index (χ0v) is 14.9. The number of nitrogens with zero attached hydrogens (tertiary/aromatic N) is 3. The summed E-state index contributed by atoms with van der Waals surface area (Å²) in [6.07, 6.45) is 4.52. The Morgan fingerprint density at radius 2 is 1.64 bits per heavy atom. The quantitative estimate of drug-likeness (QED) is 0.674. The maximum Gasteiger partial charge on any atom is 0.210 e. The first kappa shape index (κ1) is 16.0. The summed E-state index contributed by atoms with van der Waals surface area (Å²) in [4.78, 5) is 7.28. The van der Waals surface area contributed by atoms with E-state index >= 15 is 0 Å². The maximum atomic E-state index is 6.02. The van der Waals surface area contributed by atoms with Crippen molar-refractivity contribution in [2.75, 3.05) is 25.1 Å². The van der Waals surface area contributed by atoms with Crippen LogP contribution in [-0.4, -0.2) is 29.8 Å². The molecule has 0 aliphatic carbocycles. The number of anilines is 1. The van der Waals surface area contributed by atoms with Crippen LogP contribution in [0.15, 0.2) is 54.7 Å². The summed E-state index contributed by atoms with van der Waals surface area (Å²) in [5.41, 5.74) is 3.10. The fraction of sp³-hybridized carbons (Fsp3) is 0.250. The highest BCUT2D eigenvalue weighted by atomic mass is 35.5. The Morgan fingerprint density at radius 3 is 2.28 bits per heavy atom. The molecule has 0 N–H and O–H groups in total. The Labute approximate surface area is 152 Å². The number of aromatic nitrogens is 2. The van der Waals surface area contributed by atoms with E-state index in [0.29, 0.717) is 0 Å². The number of hydrogen-bond donors (Lipinski definition) is 0. The molecule has 1 saturated heterocycles. The van der Waals surface area contributed by atoms with Gasteiger partial charge in [-0.2, -0.15) is 0 Å². The number of halogens is 1. The first-order valence-electron chi connectivity index (χ1n) is 8.49. The highest BCUT2D eigenvalue weighted by Crippen LogP contribution is 2.29. The topological polar surface area (TPSA) is 30.3 Å². The third-order valence-electron chi connectivity index (χ3n) is 4.57. The van der Waals surface area contributed by atoms with Crippen LogP contribution in [0, 0.1) is 0 Å². The minimum absolute atomic E-state index is 0.734. The third kappa shape index (κ3) is 3.22. The van der Waals surface area contributed by atoms with Crippen LogP contribution in [0.5, 0.6) is 5.75 Å². The van der Waals surface area contributed by atoms with Gasteiger partial charge in [-0.05, 0) is 49.2 Å². The summed E-state index contributed by atoms with van der Waals surface area (Å²) >= 11 is 6.02. The first-order chi connectivity index (χ1) is 12.2. The molecule has 4 rings (SSSR count). The van der Waals surface area contributed by atoms with Crippen LogP contribution in [0.2, 0.25) is 5.02 Å². The molecule has 1 aliphatic rings. The van der Waals surface area contributed by atoms with Crippen molar-refractivity contribution in [3.8, 4) is 22.7 Å². The van der Waals surface area contributed by atoms with Crippen LogP contribution in [0.25, 0.3) is 16.9 Å². The second kappa shape index (κ2) is 6.81. The highest BCUT2D eigenvalue weighted by Gasteiger charge is 2.20. The Morgan fingerprint density at radius 1 is 0.960 bits per heavy atom. The van der Waals surface area contributed by atoms with Crippen LogP contribution in [0.3, 0.4) is 0 Å². The van der Waals surface area contributed by atoms with Gasteiger partial charge in [0.2, 0.25) is 5.95 Å². The van der Waals surface area contributed by atoms with E-state index in [0.717, 1.165) is 46.8 Å². The molecular weight excluding hydrogens is 334 g/mol. The Bertz CT molecular complexity index is 850. The molecule has 0 spiro atoms. The minimum Gasteiger partial charge on any atom is -0.497 e. The molecule has 4 nitrogen and oxygen atoms in total. The molecule has 0 atom stereocenters. The molecule has 2 heterocycles. The van der Waals surface area contributed by atoms with Crippen molar-refractivity contribution in [1.29, 1.82) is 0 Å². The van der Waals surface area contributed by atoms with Gasteiger partial charge in [0.1, 0.15) is 5.75 Å². The number of ether oxygens (including phenoxy) is 1. The van der Waals surface area contributed by atoms with Crippen molar-refractivity contribution in [1.82, 2.24) is 9.55 Å². The van der Waals surface area contributed by atoms with E-state index in [9.17, 15) is 0 Å². The van der Waals surface area contributed by atoms with Gasteiger partial charge in [0, 0.05) is 35.6 Å². The van der Waals surface area contributed by atoms with Gasteiger partial charge in [0.15, 0.2) is 0 Å². The maximum absolute atomic E-state index is 6.02. The molecule has 25 heavy (non-hydrogen) atoms. The number of rotatable bonds is 4. The standard InChI is InChI=1S/C20H20ClN3O/c1-25-18-10-8-17(9-11-18)24-14-19(15-4-6-16(21)7-5-15)22-20(24)23-12-2-3-13-23/h4-11,14H,2-3,12-13H2,1H3. The van der Waals surface area contributed by atoms with Crippen molar-refractivity contribution in [3.05, 3.63) is 59.8 Å². The Kier molecular flexibility index (Phi) is 4.36. The number of imidazole rings is 1. The normalized spacial score (nSPS) is 14.1. The van der Waals surface area contributed by atoms with E-state index < -0.39 is 0 Å². The lowest BCUT2D eigenvalue weighted by Gasteiger charge is -2.18. The molecule has 1 aromatic heterocycles. The van der Waals surface area contributed by atoms with E-state index in [1.165, 1.54) is 12.8 Å². The molecule has 2 aromatic carbocycles. The Balaban J connectivity index is 1.78. The highest BCUT2D eigenvalue weighted by molar-refractivity contribution is 6.30. The molecule has 3 aromatic rings. The van der Waals surface area contributed by atoms with Gasteiger partial charge in [0.05, 0.1) is 12.8 Å². The van der Waals surface area contributed by atoms with Crippen molar-refractivity contribution < 1.29 is 4.74 Å². The van der Waals surface area contributed by atoms with Gasteiger partial charge in [0.25, 0.3) is 0 Å². The zero-order valence-electron chi connectivity index (χ0n) is 14.2. The van der Waals surface area contributed by atoms with Crippen LogP contribution >= 0.6 is 11.6 Å². The molecule has 0 bridgehead atoms. The van der Waals surface area contributed by atoms with Gasteiger partial charge < -0.3 is 9.64 Å². The van der Waals surface area contributed by atoms with Crippen molar-refractivity contribution >= 4 is 17.5 Å². The van der Waals surface area contributed by atoms with E-state index in [1.807, 2.05) is 36.4 Å². The second-order valence-corrected chi connectivity index (χ2v) is 6.63. The fourth-order valence-corrected chi connectivity index (χ4v) is 3.33. The zero-order chi connectivity index (χ0) is 17.2. The minimum atomic E-state index is 0.734. The van der Waals surface area contributed by atoms with Crippen molar-refractivity contribution in [2.24, 2.45) is 0 Å². The SMILES string of the molecule is COc1ccc(-n2cc(-c3ccc(Cl)cc3)nc2N2CCCC2)cc1. The first-order valence-corrected chi connectivity index (χ1v) is 8.87. The predicted octanol–water partition coefficient (Wildman–Crippen LogP) is 4.80. The third-order valence-corrected chi connectivity index (χ3v) is 4.82. The summed E-state index contributed by atoms with van der Waals surface area (Å²) in [7, 11) is 1.68. The van der Waals surface area contributed by atoms with Crippen LogP contribution in [-0.2, 0) is 0 Å². The van der Waals surface area contributed by atoms with Crippen LogP contribution in [0.4, 0.5) is 5.95 Å². The van der Waals surface area contributed by atoms with Crippen molar-refractivity contribution in [3.63, 3.8) is 0 Å². The largest absolute Gasteiger partial charge is 0.497 e. The van der Waals surface area contributed by atoms with Crippen molar-refractivity contribution in [2.45, 2.75) is 12.8 Å². The van der Waals surface area contributed by atoms with E-state index in [-0.39, 0.29) is 0 Å². The lowest BCUT2D eigenvalue weighted by molar-refractivity contribution is 0.414. The molecule has 5 heteroatoms. The smallest absolute Gasteiger partial charge is 0.210 e. The van der Waals surface area contributed by atoms with Gasteiger partial charge in [-0.25, -0.2) is 4.98 Å². The van der Waals surface area contributed by atoms with Gasteiger partial charge in [-0.1, -0.05) is 23.7 Å². The van der Waals surface area contributed by atoms with Gasteiger partial charge in [-0.15, -0.1) is 0 Å². The monoisotopic (exact) mass is 353 g/mol. The van der Waals surface area contributed by atoms with E-state index in [4.69, 9.17) is 21.3 Å².